The summed E-state index contributed by atoms with van der Waals surface area (Å²) in [4.78, 5) is 24.7. The van der Waals surface area contributed by atoms with Crippen LogP contribution < -0.4 is 10.3 Å². The molecular weight excluding hydrogens is 374 g/mol. The van der Waals surface area contributed by atoms with Gasteiger partial charge in [0.15, 0.2) is 11.4 Å². The maximum atomic E-state index is 12.8. The van der Waals surface area contributed by atoms with Gasteiger partial charge in [-0.1, -0.05) is 43.1 Å². The van der Waals surface area contributed by atoms with Crippen LogP contribution in [0.5, 0.6) is 5.75 Å². The molecule has 2 rings (SSSR count). The van der Waals surface area contributed by atoms with Crippen LogP contribution in [-0.4, -0.2) is 22.2 Å². The van der Waals surface area contributed by atoms with Crippen molar-refractivity contribution in [3.05, 3.63) is 38.7 Å². The molecule has 0 spiro atoms. The zero-order chi connectivity index (χ0) is 17.9. The smallest absolute Gasteiger partial charge is 0.356 e. The maximum Gasteiger partial charge on any atom is 0.356 e. The number of benzene rings is 1. The van der Waals surface area contributed by atoms with E-state index in [0.29, 0.717) is 23.9 Å². The molecule has 0 aliphatic carbocycles. The molecule has 1 aromatic heterocycles. The van der Waals surface area contributed by atoms with Crippen LogP contribution in [0.3, 0.4) is 0 Å². The SMILES string of the molecule is CCCCOc1c(C(=O)O)n(CC(C)C)c(=O)c2ccc(Br)cc12. The lowest BCUT2D eigenvalue weighted by molar-refractivity contribution is 0.0677. The lowest BCUT2D eigenvalue weighted by Crippen LogP contribution is -2.29. The molecule has 0 fully saturated rings. The Morgan fingerprint density at radius 3 is 2.62 bits per heavy atom. The van der Waals surface area contributed by atoms with Crippen LogP contribution in [0.2, 0.25) is 0 Å². The van der Waals surface area contributed by atoms with Crippen molar-refractivity contribution < 1.29 is 14.6 Å². The number of aromatic carboxylic acids is 1. The first-order chi connectivity index (χ1) is 11.4. The molecule has 0 radical (unpaired) electrons. The maximum absolute atomic E-state index is 12.8. The molecule has 0 amide bonds. The van der Waals surface area contributed by atoms with Gasteiger partial charge in [-0.05, 0) is 30.5 Å². The fraction of sp³-hybridized carbons (Fsp3) is 0.444. The molecule has 2 aromatic rings. The Hall–Kier alpha value is -1.82. The van der Waals surface area contributed by atoms with Crippen LogP contribution in [0.15, 0.2) is 27.5 Å². The molecule has 1 N–H and O–H groups in total. The number of unbranched alkanes of at least 4 members (excludes halogenated alkanes) is 1. The first-order valence-corrected chi connectivity index (χ1v) is 8.88. The number of nitrogens with zero attached hydrogens (tertiary/aromatic N) is 1. The number of halogens is 1. The predicted octanol–water partition coefficient (Wildman–Crippen LogP) is 4.30. The third kappa shape index (κ3) is 3.80. The third-order valence-electron chi connectivity index (χ3n) is 3.68. The zero-order valence-electron chi connectivity index (χ0n) is 14.1. The van der Waals surface area contributed by atoms with E-state index >= 15 is 0 Å². The van der Waals surface area contributed by atoms with Crippen LogP contribution in [0.25, 0.3) is 10.8 Å². The second-order valence-corrected chi connectivity index (χ2v) is 7.10. The van der Waals surface area contributed by atoms with Crippen LogP contribution in [0.1, 0.15) is 44.1 Å². The molecule has 0 unspecified atom stereocenters. The van der Waals surface area contributed by atoms with E-state index in [1.54, 1.807) is 18.2 Å². The molecule has 0 atom stereocenters. The van der Waals surface area contributed by atoms with Gasteiger partial charge in [0.25, 0.3) is 5.56 Å². The van der Waals surface area contributed by atoms with Gasteiger partial charge in [0, 0.05) is 16.4 Å². The highest BCUT2D eigenvalue weighted by Crippen LogP contribution is 2.31. The van der Waals surface area contributed by atoms with Gasteiger partial charge in [-0.3, -0.25) is 9.36 Å². The van der Waals surface area contributed by atoms with E-state index < -0.39 is 5.97 Å². The first-order valence-electron chi connectivity index (χ1n) is 8.09. The molecule has 0 aliphatic heterocycles. The average Bonchev–Trinajstić information content (AvgIpc) is 2.50. The Kier molecular flexibility index (Phi) is 6.04. The number of fused-ring (bicyclic) bond motifs is 1. The van der Waals surface area contributed by atoms with E-state index in [-0.39, 0.29) is 22.9 Å². The molecule has 0 aliphatic rings. The number of carboxylic acid groups (broad SMARTS) is 1. The monoisotopic (exact) mass is 395 g/mol. The zero-order valence-corrected chi connectivity index (χ0v) is 15.7. The molecule has 24 heavy (non-hydrogen) atoms. The molecule has 0 bridgehead atoms. The van der Waals surface area contributed by atoms with Gasteiger partial charge in [-0.2, -0.15) is 0 Å². The Morgan fingerprint density at radius 1 is 1.33 bits per heavy atom. The first kappa shape index (κ1) is 18.5. The van der Waals surface area contributed by atoms with Crippen LogP contribution in [0.4, 0.5) is 0 Å². The summed E-state index contributed by atoms with van der Waals surface area (Å²) in [5.41, 5.74) is -0.373. The summed E-state index contributed by atoms with van der Waals surface area (Å²) in [6.45, 7) is 6.67. The number of pyridine rings is 1. The second kappa shape index (κ2) is 7.83. The average molecular weight is 396 g/mol. The van der Waals surface area contributed by atoms with Gasteiger partial charge in [0.2, 0.25) is 0 Å². The summed E-state index contributed by atoms with van der Waals surface area (Å²) in [6, 6.07) is 5.22. The predicted molar refractivity (Wildman–Crippen MR) is 98.1 cm³/mol. The largest absolute Gasteiger partial charge is 0.490 e. The van der Waals surface area contributed by atoms with Gasteiger partial charge in [0.1, 0.15) is 0 Å². The van der Waals surface area contributed by atoms with Crippen molar-refractivity contribution >= 4 is 32.7 Å². The number of carbonyl (C=O) groups is 1. The fourth-order valence-electron chi connectivity index (χ4n) is 2.60. The second-order valence-electron chi connectivity index (χ2n) is 6.18. The minimum absolute atomic E-state index is 0.0737. The Labute approximate surface area is 149 Å². The standard InChI is InChI=1S/C18H22BrNO4/c1-4-5-8-24-16-14-9-12(19)6-7-13(14)17(21)20(10-11(2)3)15(16)18(22)23/h6-7,9,11H,4-5,8,10H2,1-3H3,(H,22,23). The topological polar surface area (TPSA) is 68.5 Å². The minimum atomic E-state index is -1.15. The normalized spacial score (nSPS) is 11.2. The van der Waals surface area contributed by atoms with E-state index in [9.17, 15) is 14.7 Å². The highest BCUT2D eigenvalue weighted by Gasteiger charge is 2.23. The molecule has 1 aromatic carbocycles. The van der Waals surface area contributed by atoms with Crippen molar-refractivity contribution in [3.8, 4) is 5.75 Å². The summed E-state index contributed by atoms with van der Waals surface area (Å²) in [5.74, 6) is -0.745. The van der Waals surface area contributed by atoms with E-state index in [1.165, 1.54) is 4.57 Å². The molecule has 5 nitrogen and oxygen atoms in total. The number of hydrogen-bond acceptors (Lipinski definition) is 3. The van der Waals surface area contributed by atoms with Gasteiger partial charge in [-0.25, -0.2) is 4.79 Å². The van der Waals surface area contributed by atoms with Crippen LogP contribution in [0, 0.1) is 5.92 Å². The number of carboxylic acids is 1. The van der Waals surface area contributed by atoms with Crippen LogP contribution >= 0.6 is 15.9 Å². The van der Waals surface area contributed by atoms with Crippen molar-refractivity contribution in [2.45, 2.75) is 40.2 Å². The number of rotatable bonds is 7. The molecule has 6 heteroatoms. The third-order valence-corrected chi connectivity index (χ3v) is 4.17. The van der Waals surface area contributed by atoms with Crippen molar-refractivity contribution in [1.82, 2.24) is 4.57 Å². The quantitative estimate of drug-likeness (QED) is 0.709. The molecule has 0 saturated carbocycles. The number of hydrogen-bond donors (Lipinski definition) is 1. The minimum Gasteiger partial charge on any atom is -0.490 e. The lowest BCUT2D eigenvalue weighted by atomic mass is 10.1. The van der Waals surface area contributed by atoms with E-state index in [2.05, 4.69) is 15.9 Å². The van der Waals surface area contributed by atoms with Gasteiger partial charge < -0.3 is 9.84 Å². The molecule has 130 valence electrons. The summed E-state index contributed by atoms with van der Waals surface area (Å²) in [7, 11) is 0. The van der Waals surface area contributed by atoms with Crippen molar-refractivity contribution in [1.29, 1.82) is 0 Å². The van der Waals surface area contributed by atoms with E-state index in [0.717, 1.165) is 17.3 Å². The molecule has 0 saturated heterocycles. The van der Waals surface area contributed by atoms with Crippen molar-refractivity contribution in [2.75, 3.05) is 6.61 Å². The summed E-state index contributed by atoms with van der Waals surface area (Å²) in [5, 5.41) is 10.7. The highest BCUT2D eigenvalue weighted by atomic mass is 79.9. The van der Waals surface area contributed by atoms with Gasteiger partial charge in [0.05, 0.1) is 12.0 Å². The van der Waals surface area contributed by atoms with E-state index in [1.807, 2.05) is 20.8 Å². The number of ether oxygens (including phenoxy) is 1. The van der Waals surface area contributed by atoms with Gasteiger partial charge in [-0.15, -0.1) is 0 Å². The number of aromatic nitrogens is 1. The Morgan fingerprint density at radius 2 is 2.04 bits per heavy atom. The van der Waals surface area contributed by atoms with Gasteiger partial charge >= 0.3 is 5.97 Å². The molecule has 1 heterocycles. The van der Waals surface area contributed by atoms with Crippen molar-refractivity contribution in [2.24, 2.45) is 5.92 Å². The highest BCUT2D eigenvalue weighted by molar-refractivity contribution is 9.10. The molecular formula is C18H22BrNO4. The fourth-order valence-corrected chi connectivity index (χ4v) is 2.97. The lowest BCUT2D eigenvalue weighted by Gasteiger charge is -2.19. The van der Waals surface area contributed by atoms with Crippen LogP contribution in [-0.2, 0) is 6.54 Å². The summed E-state index contributed by atoms with van der Waals surface area (Å²) in [6.07, 6.45) is 1.76. The Balaban J connectivity index is 2.81. The summed E-state index contributed by atoms with van der Waals surface area (Å²) >= 11 is 3.38. The Bertz CT molecular complexity index is 811. The summed E-state index contributed by atoms with van der Waals surface area (Å²) < 4.78 is 7.92. The van der Waals surface area contributed by atoms with E-state index in [4.69, 9.17) is 4.74 Å². The van der Waals surface area contributed by atoms with Crippen molar-refractivity contribution in [3.63, 3.8) is 0 Å².